The Morgan fingerprint density at radius 3 is 1.84 bits per heavy atom. The number of aromatic hydroxyl groups is 1. The molecule has 1 heterocycles. The zero-order valence-corrected chi connectivity index (χ0v) is 9.44. The fraction of sp³-hybridized carbons (Fsp3) is 0.0833. The lowest BCUT2D eigenvalue weighted by atomic mass is 10.1. The highest BCUT2D eigenvalue weighted by molar-refractivity contribution is 5.67. The molecule has 0 saturated carbocycles. The number of nitrogens with zero attached hydrogens (tertiary/aromatic N) is 1. The van der Waals surface area contributed by atoms with E-state index < -0.39 is 46.1 Å². The van der Waals surface area contributed by atoms with Crippen molar-refractivity contribution >= 4 is 0 Å². The van der Waals surface area contributed by atoms with Gasteiger partial charge < -0.3 is 5.11 Å². The third kappa shape index (κ3) is 2.00. The first-order chi connectivity index (χ1) is 8.84. The van der Waals surface area contributed by atoms with Gasteiger partial charge in [0, 0.05) is 6.20 Å². The first-order valence-electron chi connectivity index (χ1n) is 5.02. The van der Waals surface area contributed by atoms with Crippen LogP contribution >= 0.6 is 0 Å². The van der Waals surface area contributed by atoms with Crippen LogP contribution in [0.2, 0.25) is 0 Å². The van der Waals surface area contributed by atoms with Crippen molar-refractivity contribution in [2.24, 2.45) is 0 Å². The van der Waals surface area contributed by atoms with Gasteiger partial charge in [0.05, 0.1) is 5.56 Å². The molecule has 0 amide bonds. The molecule has 0 spiro atoms. The molecule has 1 N–H and O–H groups in total. The van der Waals surface area contributed by atoms with Crippen molar-refractivity contribution in [2.75, 3.05) is 0 Å². The average Bonchev–Trinajstić information content (AvgIpc) is 2.37. The second kappa shape index (κ2) is 4.49. The van der Waals surface area contributed by atoms with E-state index in [0.29, 0.717) is 5.56 Å². The van der Waals surface area contributed by atoms with Crippen LogP contribution < -0.4 is 0 Å². The van der Waals surface area contributed by atoms with E-state index in [0.717, 1.165) is 12.3 Å². The number of benzene rings is 1. The lowest BCUT2D eigenvalue weighted by Crippen LogP contribution is -2.05. The van der Waals surface area contributed by atoms with Crippen LogP contribution in [0.5, 0.6) is 5.75 Å². The Bertz CT molecular complexity index is 643. The summed E-state index contributed by atoms with van der Waals surface area (Å²) in [5, 5.41) is 9.51. The van der Waals surface area contributed by atoms with Crippen molar-refractivity contribution in [1.82, 2.24) is 4.98 Å². The Balaban J connectivity index is 2.83. The van der Waals surface area contributed by atoms with Crippen LogP contribution in [0.1, 0.15) is 5.56 Å². The molecule has 100 valence electrons. The normalized spacial score (nSPS) is 10.8. The fourth-order valence-corrected chi connectivity index (χ4v) is 1.56. The fourth-order valence-electron chi connectivity index (χ4n) is 1.56. The maximum Gasteiger partial charge on any atom is 0.200 e. The van der Waals surface area contributed by atoms with Crippen LogP contribution in [0.3, 0.4) is 0 Å². The molecule has 2 nitrogen and oxygen atoms in total. The highest BCUT2D eigenvalue weighted by Gasteiger charge is 2.28. The molecule has 0 saturated heterocycles. The molecule has 2 aromatic rings. The predicted molar refractivity (Wildman–Crippen MR) is 55.9 cm³/mol. The zero-order chi connectivity index (χ0) is 14.3. The van der Waals surface area contributed by atoms with Gasteiger partial charge in [0.1, 0.15) is 11.4 Å². The summed E-state index contributed by atoms with van der Waals surface area (Å²) in [5.74, 6) is -11.2. The quantitative estimate of drug-likeness (QED) is 0.491. The molecule has 0 atom stereocenters. The Morgan fingerprint density at radius 1 is 0.895 bits per heavy atom. The number of hydrogen-bond donors (Lipinski definition) is 1. The van der Waals surface area contributed by atoms with Crippen LogP contribution in [-0.4, -0.2) is 10.1 Å². The summed E-state index contributed by atoms with van der Waals surface area (Å²) in [4.78, 5) is 3.50. The van der Waals surface area contributed by atoms with Crippen LogP contribution in [-0.2, 0) is 0 Å². The molecule has 1 aromatic heterocycles. The van der Waals surface area contributed by atoms with Crippen molar-refractivity contribution in [3.05, 3.63) is 46.9 Å². The predicted octanol–water partition coefficient (Wildman–Crippen LogP) is 3.46. The van der Waals surface area contributed by atoms with Gasteiger partial charge in [-0.2, -0.15) is 0 Å². The molecule has 0 aliphatic carbocycles. The molecule has 0 aliphatic rings. The maximum atomic E-state index is 13.5. The molecule has 0 aliphatic heterocycles. The van der Waals surface area contributed by atoms with Gasteiger partial charge in [0.25, 0.3) is 0 Å². The van der Waals surface area contributed by atoms with Gasteiger partial charge in [0.2, 0.25) is 5.82 Å². The van der Waals surface area contributed by atoms with E-state index in [1.54, 1.807) is 0 Å². The minimum Gasteiger partial charge on any atom is -0.506 e. The van der Waals surface area contributed by atoms with E-state index in [-0.39, 0.29) is 0 Å². The minimum absolute atomic E-state index is 0.463. The van der Waals surface area contributed by atoms with Crippen molar-refractivity contribution in [1.29, 1.82) is 0 Å². The largest absolute Gasteiger partial charge is 0.506 e. The van der Waals surface area contributed by atoms with Crippen molar-refractivity contribution in [3.8, 4) is 17.0 Å². The Kier molecular flexibility index (Phi) is 3.13. The number of pyridine rings is 1. The topological polar surface area (TPSA) is 33.1 Å². The summed E-state index contributed by atoms with van der Waals surface area (Å²) in [7, 11) is 0. The highest BCUT2D eigenvalue weighted by atomic mass is 19.2. The highest BCUT2D eigenvalue weighted by Crippen LogP contribution is 2.34. The molecule has 0 bridgehead atoms. The minimum atomic E-state index is -2.26. The van der Waals surface area contributed by atoms with E-state index in [9.17, 15) is 27.1 Å². The molecule has 0 radical (unpaired) electrons. The monoisotopic (exact) mass is 275 g/mol. The molecule has 0 fully saturated rings. The van der Waals surface area contributed by atoms with Crippen LogP contribution in [0.25, 0.3) is 11.3 Å². The van der Waals surface area contributed by atoms with Crippen LogP contribution in [0, 0.1) is 36.0 Å². The first-order valence-corrected chi connectivity index (χ1v) is 5.02. The molecule has 19 heavy (non-hydrogen) atoms. The molecule has 1 aromatic carbocycles. The van der Waals surface area contributed by atoms with Gasteiger partial charge in [-0.15, -0.1) is 0 Å². The molecule has 2 rings (SSSR count). The van der Waals surface area contributed by atoms with Crippen LogP contribution in [0.4, 0.5) is 22.0 Å². The Hall–Kier alpha value is -2.18. The zero-order valence-electron chi connectivity index (χ0n) is 9.44. The van der Waals surface area contributed by atoms with E-state index in [4.69, 9.17) is 0 Å². The van der Waals surface area contributed by atoms with E-state index in [1.165, 1.54) is 6.92 Å². The Morgan fingerprint density at radius 2 is 1.37 bits per heavy atom. The van der Waals surface area contributed by atoms with Crippen molar-refractivity contribution < 1.29 is 27.1 Å². The maximum absolute atomic E-state index is 13.5. The number of rotatable bonds is 1. The number of hydrogen-bond acceptors (Lipinski definition) is 2. The molecule has 0 unspecified atom stereocenters. The number of halogens is 5. The molecule has 7 heteroatoms. The van der Waals surface area contributed by atoms with Gasteiger partial charge in [-0.3, -0.25) is 4.98 Å². The summed E-state index contributed by atoms with van der Waals surface area (Å²) in [6.07, 6.45) is 1.13. The third-order valence-electron chi connectivity index (χ3n) is 2.45. The lowest BCUT2D eigenvalue weighted by molar-refractivity contribution is 0.380. The second-order valence-corrected chi connectivity index (χ2v) is 3.83. The van der Waals surface area contributed by atoms with E-state index in [1.807, 2.05) is 0 Å². The SMILES string of the molecule is Cc1cnc(-c2c(F)c(F)c(F)c(F)c2F)c(O)c1. The van der Waals surface area contributed by atoms with Crippen molar-refractivity contribution in [3.63, 3.8) is 0 Å². The van der Waals surface area contributed by atoms with Gasteiger partial charge in [-0.05, 0) is 18.6 Å². The number of aromatic nitrogens is 1. The second-order valence-electron chi connectivity index (χ2n) is 3.83. The van der Waals surface area contributed by atoms with E-state index >= 15 is 0 Å². The summed E-state index contributed by atoms with van der Waals surface area (Å²) >= 11 is 0. The standard InChI is InChI=1S/C12H6F5NO/c1-4-2-5(19)12(18-3-4)6-7(13)9(15)11(17)10(16)8(6)14/h2-3,19H,1H3. The van der Waals surface area contributed by atoms with E-state index in [2.05, 4.69) is 4.98 Å². The summed E-state index contributed by atoms with van der Waals surface area (Å²) in [5.41, 5.74) is -1.50. The van der Waals surface area contributed by atoms with Gasteiger partial charge in [-0.1, -0.05) is 0 Å². The van der Waals surface area contributed by atoms with Crippen LogP contribution in [0.15, 0.2) is 12.3 Å². The smallest absolute Gasteiger partial charge is 0.200 e. The molecular formula is C12H6F5NO. The summed E-state index contributed by atoms with van der Waals surface area (Å²) in [6.45, 7) is 1.54. The lowest BCUT2D eigenvalue weighted by Gasteiger charge is -2.09. The summed E-state index contributed by atoms with van der Waals surface area (Å²) in [6, 6.07) is 1.10. The van der Waals surface area contributed by atoms with Gasteiger partial charge >= 0.3 is 0 Å². The van der Waals surface area contributed by atoms with Crippen molar-refractivity contribution in [2.45, 2.75) is 6.92 Å². The Labute approximate surface area is 104 Å². The number of aryl methyl sites for hydroxylation is 1. The summed E-state index contributed by atoms with van der Waals surface area (Å²) < 4.78 is 65.9. The first kappa shape index (κ1) is 13.3. The third-order valence-corrected chi connectivity index (χ3v) is 2.45. The van der Waals surface area contributed by atoms with Gasteiger partial charge in [-0.25, -0.2) is 22.0 Å². The molecular weight excluding hydrogens is 269 g/mol. The average molecular weight is 275 g/mol. The van der Waals surface area contributed by atoms with Gasteiger partial charge in [0.15, 0.2) is 23.3 Å².